The van der Waals surface area contributed by atoms with Crippen molar-refractivity contribution in [3.05, 3.63) is 64.4 Å². The number of fused-ring (bicyclic) bond motifs is 1. The van der Waals surface area contributed by atoms with Crippen molar-refractivity contribution in [3.63, 3.8) is 0 Å². The lowest BCUT2D eigenvalue weighted by atomic mass is 10.0. The number of carboxylic acid groups (broad SMARTS) is 1. The number of hydrogen-bond donors (Lipinski definition) is 5. The molecular formula is C23H21N8O5S3+. The first-order chi connectivity index (χ1) is 18.8. The third-order valence-electron chi connectivity index (χ3n) is 5.88. The van der Waals surface area contributed by atoms with Crippen LogP contribution in [0.1, 0.15) is 5.69 Å². The van der Waals surface area contributed by atoms with Crippen LogP contribution in [-0.2, 0) is 20.9 Å². The van der Waals surface area contributed by atoms with Gasteiger partial charge in [-0.3, -0.25) is 14.5 Å². The summed E-state index contributed by atoms with van der Waals surface area (Å²) < 4.78 is 1.91. The number of carbonyl (C=O) groups excluding carboxylic acids is 2. The van der Waals surface area contributed by atoms with Gasteiger partial charge in [0.1, 0.15) is 22.8 Å². The molecule has 0 spiro atoms. The number of nitrogens with zero attached hydrogens (tertiary/aromatic N) is 5. The predicted molar refractivity (Wildman–Crippen MR) is 146 cm³/mol. The second kappa shape index (κ2) is 10.8. The van der Waals surface area contributed by atoms with E-state index in [0.29, 0.717) is 23.0 Å². The lowest BCUT2D eigenvalue weighted by molar-refractivity contribution is -0.686. The van der Waals surface area contributed by atoms with Crippen LogP contribution in [0.3, 0.4) is 0 Å². The van der Waals surface area contributed by atoms with Crippen molar-refractivity contribution in [1.82, 2.24) is 20.2 Å². The molecule has 0 unspecified atom stereocenters. The minimum Gasteiger partial charge on any atom is -0.477 e. The van der Waals surface area contributed by atoms with Crippen molar-refractivity contribution >= 4 is 68.2 Å². The number of aromatic nitrogens is 3. The van der Waals surface area contributed by atoms with Gasteiger partial charge in [-0.1, -0.05) is 11.2 Å². The van der Waals surface area contributed by atoms with E-state index in [2.05, 4.69) is 20.4 Å². The number of nitrogens with one attached hydrogen (secondary N) is 1. The molecule has 2 aliphatic heterocycles. The first kappa shape index (κ1) is 26.3. The van der Waals surface area contributed by atoms with Crippen LogP contribution < -0.4 is 21.4 Å². The molecule has 0 saturated carbocycles. The summed E-state index contributed by atoms with van der Waals surface area (Å²) in [6.07, 6.45) is 7.28. The Labute approximate surface area is 233 Å². The predicted octanol–water partition coefficient (Wildman–Crippen LogP) is 0.892. The monoisotopic (exact) mass is 585 g/mol. The van der Waals surface area contributed by atoms with Crippen LogP contribution in [-0.4, -0.2) is 65.8 Å². The van der Waals surface area contributed by atoms with Crippen molar-refractivity contribution in [2.45, 2.75) is 18.0 Å². The molecule has 3 aromatic rings. The van der Waals surface area contributed by atoms with Gasteiger partial charge in [0.2, 0.25) is 0 Å². The number of pyridine rings is 1. The summed E-state index contributed by atoms with van der Waals surface area (Å²) in [4.78, 5) is 47.1. The normalized spacial score (nSPS) is 19.2. The highest BCUT2D eigenvalue weighted by Crippen LogP contribution is 2.40. The molecular weight excluding hydrogens is 565 g/mol. The molecule has 39 heavy (non-hydrogen) atoms. The molecule has 3 aromatic heterocycles. The van der Waals surface area contributed by atoms with Crippen LogP contribution in [0.5, 0.6) is 0 Å². The van der Waals surface area contributed by atoms with Gasteiger partial charge < -0.3 is 27.1 Å². The fourth-order valence-electron chi connectivity index (χ4n) is 4.11. The van der Waals surface area contributed by atoms with Gasteiger partial charge in [0.15, 0.2) is 34.9 Å². The molecule has 0 aliphatic carbocycles. The number of anilines is 2. The number of rotatable bonds is 8. The molecule has 2 atom stereocenters. The quantitative estimate of drug-likeness (QED) is 0.0831. The van der Waals surface area contributed by atoms with E-state index < -0.39 is 34.9 Å². The summed E-state index contributed by atoms with van der Waals surface area (Å²) in [5.74, 6) is -2.34. The smallest absolute Gasteiger partial charge is 0.352 e. The Hall–Kier alpha value is -4.28. The van der Waals surface area contributed by atoms with Crippen molar-refractivity contribution in [1.29, 1.82) is 0 Å². The Morgan fingerprint density at radius 1 is 1.26 bits per heavy atom. The molecule has 0 aromatic carbocycles. The van der Waals surface area contributed by atoms with Gasteiger partial charge >= 0.3 is 5.97 Å². The van der Waals surface area contributed by atoms with Gasteiger partial charge in [0.05, 0.1) is 11.3 Å². The van der Waals surface area contributed by atoms with E-state index in [0.717, 1.165) is 27.5 Å². The highest BCUT2D eigenvalue weighted by molar-refractivity contribution is 8.00. The molecule has 0 radical (unpaired) electrons. The van der Waals surface area contributed by atoms with Gasteiger partial charge in [0, 0.05) is 22.6 Å². The molecule has 5 heterocycles. The number of nitrogens with two attached hydrogens (primary N) is 2. The van der Waals surface area contributed by atoms with Crippen LogP contribution in [0, 0.1) is 0 Å². The number of nitrogen functional groups attached to an aromatic ring is 2. The second-order valence-corrected chi connectivity index (χ2v) is 11.2. The molecule has 7 N–H and O–H groups in total. The van der Waals surface area contributed by atoms with Gasteiger partial charge in [-0.25, -0.2) is 19.3 Å². The number of carbonyl (C=O) groups is 3. The van der Waals surface area contributed by atoms with Crippen molar-refractivity contribution in [3.8, 4) is 11.3 Å². The summed E-state index contributed by atoms with van der Waals surface area (Å²) in [6.45, 7) is 0.453. The van der Waals surface area contributed by atoms with E-state index in [4.69, 9.17) is 11.5 Å². The van der Waals surface area contributed by atoms with Gasteiger partial charge in [-0.05, 0) is 17.7 Å². The number of aliphatic carboxylic acids is 1. The van der Waals surface area contributed by atoms with E-state index in [-0.39, 0.29) is 16.5 Å². The fraction of sp³-hybridized carbons (Fsp3) is 0.174. The van der Waals surface area contributed by atoms with Crippen LogP contribution in [0.4, 0.5) is 10.3 Å². The van der Waals surface area contributed by atoms with Gasteiger partial charge in [-0.15, -0.1) is 34.4 Å². The molecule has 1 saturated heterocycles. The Kier molecular flexibility index (Phi) is 7.32. The standard InChI is InChI=1S/C23H20N8O5S3/c24-22-26-13(9-38-22)11-3-1-5-30(7-11)6-2-4-12-8-37-20-16(19(33)31(20)17(12)21(34)35)28-18(32)15(29-36)14-10-39-23(25)27-14/h1-5,7,9-10,16,20H,6,8H2,(H6-,24,25,26,27,28,32,34,35,36)/p+1/b4-2+/t16-,20-/m1/s1. The molecule has 0 bridgehead atoms. The maximum absolute atomic E-state index is 12.9. The number of carboxylic acids is 1. The topological polar surface area (TPSA) is 201 Å². The first-order valence-electron chi connectivity index (χ1n) is 11.3. The minimum atomic E-state index is -1.25. The second-order valence-electron chi connectivity index (χ2n) is 8.32. The van der Waals surface area contributed by atoms with E-state index in [1.165, 1.54) is 28.5 Å². The highest BCUT2D eigenvalue weighted by Gasteiger charge is 2.54. The Balaban J connectivity index is 1.28. The lowest BCUT2D eigenvalue weighted by Gasteiger charge is -2.49. The highest BCUT2D eigenvalue weighted by atomic mass is 32.2. The summed E-state index contributed by atoms with van der Waals surface area (Å²) in [5, 5.41) is 28.1. The van der Waals surface area contributed by atoms with Gasteiger partial charge in [-0.2, -0.15) is 0 Å². The van der Waals surface area contributed by atoms with Crippen molar-refractivity contribution < 1.29 is 29.3 Å². The Morgan fingerprint density at radius 2 is 2.03 bits per heavy atom. The number of thiazole rings is 2. The van der Waals surface area contributed by atoms with E-state index in [1.807, 2.05) is 40.5 Å². The molecule has 16 heteroatoms. The zero-order valence-electron chi connectivity index (χ0n) is 19.9. The molecule has 2 amide bonds. The molecule has 5 rings (SSSR count). The Morgan fingerprint density at radius 3 is 2.69 bits per heavy atom. The minimum absolute atomic E-state index is 0.0649. The molecule has 200 valence electrons. The van der Waals surface area contributed by atoms with Crippen molar-refractivity contribution in [2.24, 2.45) is 5.16 Å². The maximum atomic E-state index is 12.9. The van der Waals surface area contributed by atoms with Crippen molar-refractivity contribution in [2.75, 3.05) is 17.2 Å². The Bertz CT molecular complexity index is 1560. The number of hydrogen-bond acceptors (Lipinski definition) is 12. The molecule has 13 nitrogen and oxygen atoms in total. The number of β-lactam (4-membered cyclic amide) rings is 1. The number of allylic oxidation sites excluding steroid dienone is 2. The largest absolute Gasteiger partial charge is 0.477 e. The SMILES string of the molecule is Nc1nc(/C(=N/O)C(=O)N[C@@H]2C(=O)N3C(C(=O)O)=C(/C=C/C[n+]4cccc(-c5csc(N)n5)c4)CS[C@H]23)cs1. The maximum Gasteiger partial charge on any atom is 0.352 e. The van der Waals surface area contributed by atoms with E-state index in [9.17, 15) is 24.7 Å². The summed E-state index contributed by atoms with van der Waals surface area (Å²) in [5.41, 5.74) is 13.0. The summed E-state index contributed by atoms with van der Waals surface area (Å²) >= 11 is 3.74. The van der Waals surface area contributed by atoms with Crippen LogP contribution in [0.2, 0.25) is 0 Å². The van der Waals surface area contributed by atoms with Crippen LogP contribution >= 0.6 is 34.4 Å². The van der Waals surface area contributed by atoms with Gasteiger partial charge in [0.25, 0.3) is 11.8 Å². The summed E-state index contributed by atoms with van der Waals surface area (Å²) in [6, 6.07) is 2.81. The van der Waals surface area contributed by atoms with Crippen LogP contribution in [0.15, 0.2) is 63.9 Å². The fourth-order valence-corrected chi connectivity index (χ4v) is 6.55. The number of oxime groups is 1. The molecule has 1 fully saturated rings. The average Bonchev–Trinajstić information content (AvgIpc) is 3.55. The van der Waals surface area contributed by atoms with E-state index in [1.54, 1.807) is 6.08 Å². The average molecular weight is 586 g/mol. The number of amides is 2. The first-order valence-corrected chi connectivity index (χ1v) is 14.1. The zero-order valence-corrected chi connectivity index (χ0v) is 22.4. The number of thioether (sulfide) groups is 1. The lowest BCUT2D eigenvalue weighted by Crippen LogP contribution is -2.71. The zero-order chi connectivity index (χ0) is 27.7. The van der Waals surface area contributed by atoms with Crippen LogP contribution in [0.25, 0.3) is 11.3 Å². The third kappa shape index (κ3) is 5.21. The molecule has 2 aliphatic rings. The third-order valence-corrected chi connectivity index (χ3v) is 8.53. The summed E-state index contributed by atoms with van der Waals surface area (Å²) in [7, 11) is 0. The van der Waals surface area contributed by atoms with E-state index >= 15 is 0 Å².